The van der Waals surface area contributed by atoms with Crippen LogP contribution in [0.5, 0.6) is 0 Å². The first-order valence-corrected chi connectivity index (χ1v) is 6.67. The third-order valence-electron chi connectivity index (χ3n) is 2.47. The highest BCUT2D eigenvalue weighted by Crippen LogP contribution is 2.30. The number of aromatic nitrogens is 2. The third kappa shape index (κ3) is 2.57. The number of nitrogens with zero attached hydrogens (tertiary/aromatic N) is 1. The molecule has 1 aromatic carbocycles. The molecule has 5 nitrogen and oxygen atoms in total. The minimum absolute atomic E-state index is 0.401. The van der Waals surface area contributed by atoms with Gasteiger partial charge in [-0.15, -0.1) is 0 Å². The van der Waals surface area contributed by atoms with E-state index >= 15 is 0 Å². The molecule has 2 aromatic rings. The van der Waals surface area contributed by atoms with Crippen molar-refractivity contribution in [2.75, 3.05) is 0 Å². The zero-order valence-electron chi connectivity index (χ0n) is 9.68. The van der Waals surface area contributed by atoms with Gasteiger partial charge in [0.05, 0.1) is 10.5 Å². The third-order valence-corrected chi connectivity index (χ3v) is 4.27. The lowest BCUT2D eigenvalue weighted by Crippen LogP contribution is -2.18. The Bertz CT molecular complexity index is 780. The van der Waals surface area contributed by atoms with Gasteiger partial charge in [-0.1, -0.05) is 0 Å². The van der Waals surface area contributed by atoms with Crippen molar-refractivity contribution < 1.29 is 21.6 Å². The second-order valence-corrected chi connectivity index (χ2v) is 5.69. The van der Waals surface area contributed by atoms with E-state index in [0.717, 1.165) is 24.4 Å². The van der Waals surface area contributed by atoms with Crippen LogP contribution in [-0.4, -0.2) is 18.6 Å². The summed E-state index contributed by atoms with van der Waals surface area (Å²) in [6, 6.07) is 3.87. The molecule has 0 aliphatic heterocycles. The lowest BCUT2D eigenvalue weighted by atomic mass is 10.2. The Morgan fingerprint density at radius 2 is 1.65 bits per heavy atom. The minimum atomic E-state index is -4.56. The molecular formula is C11H7F3N2O3S. The van der Waals surface area contributed by atoms with Crippen molar-refractivity contribution >= 4 is 9.84 Å². The van der Waals surface area contributed by atoms with Crippen molar-refractivity contribution in [1.29, 1.82) is 0 Å². The fourth-order valence-corrected chi connectivity index (χ4v) is 2.77. The maximum absolute atomic E-state index is 12.4. The van der Waals surface area contributed by atoms with Gasteiger partial charge >= 0.3 is 6.18 Å². The molecular weight excluding hydrogens is 297 g/mol. The van der Waals surface area contributed by atoms with E-state index in [9.17, 15) is 26.4 Å². The number of sulfone groups is 1. The van der Waals surface area contributed by atoms with E-state index < -0.39 is 36.9 Å². The molecule has 1 heterocycles. The number of H-pyrrole nitrogens is 1. The SMILES string of the molecule is O=c1[nH]nccc1S(=O)(=O)c1ccc(C(F)(F)F)cc1. The van der Waals surface area contributed by atoms with Crippen LogP contribution in [0.1, 0.15) is 5.56 Å². The average Bonchev–Trinajstić information content (AvgIpc) is 2.38. The molecule has 0 fully saturated rings. The number of benzene rings is 1. The summed E-state index contributed by atoms with van der Waals surface area (Å²) in [6.07, 6.45) is -3.49. The molecule has 20 heavy (non-hydrogen) atoms. The monoisotopic (exact) mass is 304 g/mol. The predicted octanol–water partition coefficient (Wildman–Crippen LogP) is 1.62. The van der Waals surface area contributed by atoms with Gasteiger partial charge in [0.1, 0.15) is 4.90 Å². The molecule has 9 heteroatoms. The van der Waals surface area contributed by atoms with Gasteiger partial charge < -0.3 is 0 Å². The molecule has 0 saturated carbocycles. The summed E-state index contributed by atoms with van der Waals surface area (Å²) in [5.41, 5.74) is -1.91. The highest BCUT2D eigenvalue weighted by atomic mass is 32.2. The summed E-state index contributed by atoms with van der Waals surface area (Å²) < 4.78 is 61.3. The molecule has 1 N–H and O–H groups in total. The van der Waals surface area contributed by atoms with Crippen LogP contribution in [0.3, 0.4) is 0 Å². The van der Waals surface area contributed by atoms with Gasteiger partial charge in [-0.25, -0.2) is 13.5 Å². The van der Waals surface area contributed by atoms with Crippen molar-refractivity contribution in [3.63, 3.8) is 0 Å². The maximum Gasteiger partial charge on any atom is 0.416 e. The molecule has 106 valence electrons. The van der Waals surface area contributed by atoms with E-state index in [0.29, 0.717) is 12.1 Å². The Morgan fingerprint density at radius 1 is 1.05 bits per heavy atom. The first-order valence-electron chi connectivity index (χ1n) is 5.19. The minimum Gasteiger partial charge on any atom is -0.267 e. The second kappa shape index (κ2) is 4.75. The van der Waals surface area contributed by atoms with Crippen LogP contribution in [-0.2, 0) is 16.0 Å². The van der Waals surface area contributed by atoms with Gasteiger partial charge in [0.25, 0.3) is 5.56 Å². The molecule has 0 radical (unpaired) electrons. The molecule has 0 saturated heterocycles. The molecule has 0 aliphatic carbocycles. The van der Waals surface area contributed by atoms with Crippen LogP contribution in [0.25, 0.3) is 0 Å². The van der Waals surface area contributed by atoms with Crippen LogP contribution in [0.15, 0.2) is 51.1 Å². The van der Waals surface area contributed by atoms with Crippen LogP contribution >= 0.6 is 0 Å². The van der Waals surface area contributed by atoms with E-state index in [2.05, 4.69) is 5.10 Å². The Labute approximate surface area is 111 Å². The van der Waals surface area contributed by atoms with Crippen molar-refractivity contribution in [2.45, 2.75) is 16.0 Å². The summed E-state index contributed by atoms with van der Waals surface area (Å²) >= 11 is 0. The van der Waals surface area contributed by atoms with Crippen LogP contribution < -0.4 is 5.56 Å². The number of nitrogens with one attached hydrogen (secondary N) is 1. The number of aromatic amines is 1. The molecule has 0 spiro atoms. The van der Waals surface area contributed by atoms with Gasteiger partial charge in [-0.05, 0) is 30.3 Å². The highest BCUT2D eigenvalue weighted by Gasteiger charge is 2.31. The quantitative estimate of drug-likeness (QED) is 0.914. The Kier molecular flexibility index (Phi) is 3.38. The number of halogens is 3. The number of rotatable bonds is 2. The summed E-state index contributed by atoms with van der Waals surface area (Å²) in [5.74, 6) is 0. The van der Waals surface area contributed by atoms with Crippen molar-refractivity contribution in [3.8, 4) is 0 Å². The normalized spacial score (nSPS) is 12.3. The predicted molar refractivity (Wildman–Crippen MR) is 61.8 cm³/mol. The molecule has 0 aliphatic rings. The zero-order valence-corrected chi connectivity index (χ0v) is 10.5. The standard InChI is InChI=1S/C11H7F3N2O3S/c12-11(13,14)7-1-3-8(4-2-7)20(18,19)9-5-6-15-16-10(9)17/h1-6H,(H,16,17). The van der Waals surface area contributed by atoms with Crippen molar-refractivity contribution in [1.82, 2.24) is 10.2 Å². The average molecular weight is 304 g/mol. The summed E-state index contributed by atoms with van der Waals surface area (Å²) in [6.45, 7) is 0. The van der Waals surface area contributed by atoms with Crippen LogP contribution in [0, 0.1) is 0 Å². The molecule has 0 unspecified atom stereocenters. The Balaban J connectivity index is 2.52. The zero-order chi connectivity index (χ0) is 15.0. The number of alkyl halides is 3. The number of hydrogen-bond acceptors (Lipinski definition) is 4. The fraction of sp³-hybridized carbons (Fsp3) is 0.0909. The molecule has 0 atom stereocenters. The van der Waals surface area contributed by atoms with Gasteiger partial charge in [0.2, 0.25) is 9.84 Å². The van der Waals surface area contributed by atoms with E-state index in [4.69, 9.17) is 0 Å². The number of hydrogen-bond donors (Lipinski definition) is 1. The summed E-state index contributed by atoms with van der Waals surface area (Å²) in [7, 11) is -4.18. The fourth-order valence-electron chi connectivity index (χ4n) is 1.49. The van der Waals surface area contributed by atoms with Crippen molar-refractivity contribution in [2.24, 2.45) is 0 Å². The van der Waals surface area contributed by atoms with Gasteiger partial charge in [-0.2, -0.15) is 18.3 Å². The highest BCUT2D eigenvalue weighted by molar-refractivity contribution is 7.91. The molecule has 0 amide bonds. The Hall–Kier alpha value is -2.16. The van der Waals surface area contributed by atoms with Crippen LogP contribution in [0.2, 0.25) is 0 Å². The first kappa shape index (κ1) is 14.3. The summed E-state index contributed by atoms with van der Waals surface area (Å²) in [5, 5.41) is 5.29. The van der Waals surface area contributed by atoms with E-state index in [1.165, 1.54) is 0 Å². The molecule has 1 aromatic heterocycles. The lowest BCUT2D eigenvalue weighted by molar-refractivity contribution is -0.137. The first-order chi connectivity index (χ1) is 9.23. The molecule has 0 bridgehead atoms. The van der Waals surface area contributed by atoms with Gasteiger partial charge in [0.15, 0.2) is 0 Å². The summed E-state index contributed by atoms with van der Waals surface area (Å²) in [4.78, 5) is 10.4. The largest absolute Gasteiger partial charge is 0.416 e. The van der Waals surface area contributed by atoms with E-state index in [1.54, 1.807) is 0 Å². The Morgan fingerprint density at radius 3 is 2.15 bits per heavy atom. The maximum atomic E-state index is 12.4. The van der Waals surface area contributed by atoms with E-state index in [1.807, 2.05) is 5.10 Å². The van der Waals surface area contributed by atoms with Crippen molar-refractivity contribution in [3.05, 3.63) is 52.4 Å². The second-order valence-electron chi connectivity index (χ2n) is 3.78. The molecule has 2 rings (SSSR count). The van der Waals surface area contributed by atoms with Gasteiger partial charge in [0, 0.05) is 6.20 Å². The van der Waals surface area contributed by atoms with E-state index in [-0.39, 0.29) is 0 Å². The van der Waals surface area contributed by atoms with Gasteiger partial charge in [-0.3, -0.25) is 4.79 Å². The topological polar surface area (TPSA) is 79.9 Å². The lowest BCUT2D eigenvalue weighted by Gasteiger charge is -2.08. The smallest absolute Gasteiger partial charge is 0.267 e. The van der Waals surface area contributed by atoms with Crippen LogP contribution in [0.4, 0.5) is 13.2 Å².